The van der Waals surface area contributed by atoms with Crippen LogP contribution in [0.1, 0.15) is 31.4 Å². The van der Waals surface area contributed by atoms with Crippen LogP contribution in [0.2, 0.25) is 0 Å². The third kappa shape index (κ3) is 8.16. The number of sulfonamides is 1. The normalized spacial score (nSPS) is 11.7. The number of hydrogen-bond acceptors (Lipinski definition) is 4. The second-order valence-corrected chi connectivity index (χ2v) is 6.65. The number of benzene rings is 1. The molecule has 2 N–H and O–H groups in total. The zero-order valence-electron chi connectivity index (χ0n) is 12.9. The SMILES string of the molecule is CCCNCc1ccc(CS(=O)(=O)NCCOCC)cc1. The monoisotopic (exact) mass is 314 g/mol. The van der Waals surface area contributed by atoms with Crippen molar-refractivity contribution < 1.29 is 13.2 Å². The van der Waals surface area contributed by atoms with Crippen molar-refractivity contribution in [3.63, 3.8) is 0 Å². The molecular formula is C15H26N2O3S. The molecule has 21 heavy (non-hydrogen) atoms. The summed E-state index contributed by atoms with van der Waals surface area (Å²) in [5.74, 6) is 0.00178. The smallest absolute Gasteiger partial charge is 0.215 e. The van der Waals surface area contributed by atoms with Crippen molar-refractivity contribution in [1.82, 2.24) is 10.0 Å². The van der Waals surface area contributed by atoms with Gasteiger partial charge in [-0.25, -0.2) is 13.1 Å². The van der Waals surface area contributed by atoms with Crippen LogP contribution in [-0.2, 0) is 27.1 Å². The Bertz CT molecular complexity index is 486. The lowest BCUT2D eigenvalue weighted by Crippen LogP contribution is -2.28. The van der Waals surface area contributed by atoms with Crippen molar-refractivity contribution in [3.05, 3.63) is 35.4 Å². The molecule has 5 nitrogen and oxygen atoms in total. The Labute approximate surface area is 128 Å². The van der Waals surface area contributed by atoms with Gasteiger partial charge in [-0.2, -0.15) is 0 Å². The molecule has 0 unspecified atom stereocenters. The molecule has 120 valence electrons. The minimum Gasteiger partial charge on any atom is -0.380 e. The van der Waals surface area contributed by atoms with E-state index < -0.39 is 10.0 Å². The molecule has 0 aromatic heterocycles. The van der Waals surface area contributed by atoms with Crippen LogP contribution in [-0.4, -0.2) is 34.7 Å². The molecular weight excluding hydrogens is 288 g/mol. The first kappa shape index (κ1) is 18.1. The van der Waals surface area contributed by atoms with Crippen LogP contribution < -0.4 is 10.0 Å². The summed E-state index contributed by atoms with van der Waals surface area (Å²) in [5, 5.41) is 3.31. The molecule has 0 aliphatic rings. The summed E-state index contributed by atoms with van der Waals surface area (Å²) < 4.78 is 31.4. The largest absolute Gasteiger partial charge is 0.380 e. The second kappa shape index (κ2) is 9.89. The van der Waals surface area contributed by atoms with E-state index in [0.29, 0.717) is 19.8 Å². The van der Waals surface area contributed by atoms with Gasteiger partial charge in [0.1, 0.15) is 0 Å². The maximum Gasteiger partial charge on any atom is 0.215 e. The fraction of sp³-hybridized carbons (Fsp3) is 0.600. The first-order valence-corrected chi connectivity index (χ1v) is 9.06. The molecule has 0 spiro atoms. The Kier molecular flexibility index (Phi) is 8.52. The lowest BCUT2D eigenvalue weighted by atomic mass is 10.1. The van der Waals surface area contributed by atoms with Gasteiger partial charge in [-0.3, -0.25) is 0 Å². The van der Waals surface area contributed by atoms with Crippen molar-refractivity contribution in [1.29, 1.82) is 0 Å². The Morgan fingerprint density at radius 2 is 1.71 bits per heavy atom. The fourth-order valence-corrected chi connectivity index (χ4v) is 2.97. The highest BCUT2D eigenvalue weighted by atomic mass is 32.2. The number of nitrogens with one attached hydrogen (secondary N) is 2. The van der Waals surface area contributed by atoms with Crippen LogP contribution in [0.5, 0.6) is 0 Å². The summed E-state index contributed by atoms with van der Waals surface area (Å²) in [6.45, 7) is 7.11. The summed E-state index contributed by atoms with van der Waals surface area (Å²) in [6.07, 6.45) is 1.10. The van der Waals surface area contributed by atoms with Crippen LogP contribution in [0, 0.1) is 0 Å². The Balaban J connectivity index is 2.43. The maximum atomic E-state index is 11.9. The van der Waals surface area contributed by atoms with Crippen molar-refractivity contribution in [2.45, 2.75) is 32.6 Å². The van der Waals surface area contributed by atoms with E-state index in [4.69, 9.17) is 4.74 Å². The van der Waals surface area contributed by atoms with Gasteiger partial charge in [0.15, 0.2) is 0 Å². The lowest BCUT2D eigenvalue weighted by molar-refractivity contribution is 0.153. The third-order valence-electron chi connectivity index (χ3n) is 2.91. The van der Waals surface area contributed by atoms with E-state index in [1.807, 2.05) is 31.2 Å². The van der Waals surface area contributed by atoms with E-state index in [0.717, 1.165) is 30.6 Å². The van der Waals surface area contributed by atoms with E-state index >= 15 is 0 Å². The molecule has 1 rings (SSSR count). The van der Waals surface area contributed by atoms with Gasteiger partial charge in [-0.15, -0.1) is 0 Å². The summed E-state index contributed by atoms with van der Waals surface area (Å²) in [7, 11) is -3.29. The average Bonchev–Trinajstić information content (AvgIpc) is 2.45. The highest BCUT2D eigenvalue weighted by Crippen LogP contribution is 2.07. The van der Waals surface area contributed by atoms with Crippen LogP contribution in [0.3, 0.4) is 0 Å². The van der Waals surface area contributed by atoms with Gasteiger partial charge in [0.2, 0.25) is 10.0 Å². The maximum absolute atomic E-state index is 11.9. The molecule has 0 amide bonds. The van der Waals surface area contributed by atoms with Crippen LogP contribution in [0.25, 0.3) is 0 Å². The average molecular weight is 314 g/mol. The highest BCUT2D eigenvalue weighted by molar-refractivity contribution is 7.88. The van der Waals surface area contributed by atoms with Gasteiger partial charge >= 0.3 is 0 Å². The molecule has 0 aliphatic heterocycles. The molecule has 1 aromatic carbocycles. The van der Waals surface area contributed by atoms with Crippen molar-refractivity contribution >= 4 is 10.0 Å². The van der Waals surface area contributed by atoms with Crippen molar-refractivity contribution in [2.75, 3.05) is 26.3 Å². The van der Waals surface area contributed by atoms with E-state index in [1.165, 1.54) is 0 Å². The van der Waals surface area contributed by atoms with Crippen LogP contribution in [0.4, 0.5) is 0 Å². The van der Waals surface area contributed by atoms with Gasteiger partial charge in [-0.05, 0) is 31.0 Å². The third-order valence-corrected chi connectivity index (χ3v) is 4.27. The van der Waals surface area contributed by atoms with Crippen LogP contribution in [0.15, 0.2) is 24.3 Å². The minimum atomic E-state index is -3.29. The van der Waals surface area contributed by atoms with Gasteiger partial charge in [0, 0.05) is 19.7 Å². The second-order valence-electron chi connectivity index (χ2n) is 4.84. The predicted molar refractivity (Wildman–Crippen MR) is 85.6 cm³/mol. The number of ether oxygens (including phenoxy) is 1. The molecule has 0 heterocycles. The standard InChI is InChI=1S/C15H26N2O3S/c1-3-9-16-12-14-5-7-15(8-6-14)13-21(18,19)17-10-11-20-4-2/h5-8,16-17H,3-4,9-13H2,1-2H3. The lowest BCUT2D eigenvalue weighted by Gasteiger charge is -2.08. The van der Waals surface area contributed by atoms with Gasteiger partial charge in [0.05, 0.1) is 12.4 Å². The Hall–Kier alpha value is -0.950. The summed E-state index contributed by atoms with van der Waals surface area (Å²) >= 11 is 0. The van der Waals surface area contributed by atoms with Gasteiger partial charge < -0.3 is 10.1 Å². The first-order valence-electron chi connectivity index (χ1n) is 7.41. The molecule has 0 aliphatic carbocycles. The molecule has 0 bridgehead atoms. The summed E-state index contributed by atoms with van der Waals surface area (Å²) in [5.41, 5.74) is 1.95. The Morgan fingerprint density at radius 3 is 2.33 bits per heavy atom. The van der Waals surface area contributed by atoms with E-state index in [-0.39, 0.29) is 5.75 Å². The summed E-state index contributed by atoms with van der Waals surface area (Å²) in [4.78, 5) is 0. The fourth-order valence-electron chi connectivity index (χ4n) is 1.85. The first-order chi connectivity index (χ1) is 10.1. The van der Waals surface area contributed by atoms with E-state index in [1.54, 1.807) is 0 Å². The summed E-state index contributed by atoms with van der Waals surface area (Å²) in [6, 6.07) is 7.66. The zero-order valence-corrected chi connectivity index (χ0v) is 13.7. The van der Waals surface area contributed by atoms with Crippen LogP contribution >= 0.6 is 0 Å². The molecule has 1 aromatic rings. The Morgan fingerprint density at radius 1 is 1.05 bits per heavy atom. The molecule has 0 atom stereocenters. The van der Waals surface area contributed by atoms with Gasteiger partial charge in [0.25, 0.3) is 0 Å². The highest BCUT2D eigenvalue weighted by Gasteiger charge is 2.10. The van der Waals surface area contributed by atoms with Crippen molar-refractivity contribution in [3.8, 4) is 0 Å². The van der Waals surface area contributed by atoms with Crippen molar-refractivity contribution in [2.24, 2.45) is 0 Å². The zero-order chi connectivity index (χ0) is 15.6. The molecule has 0 fully saturated rings. The number of rotatable bonds is 11. The topological polar surface area (TPSA) is 67.4 Å². The predicted octanol–water partition coefficient (Wildman–Crippen LogP) is 1.64. The minimum absolute atomic E-state index is 0.00178. The molecule has 0 radical (unpaired) electrons. The van der Waals surface area contributed by atoms with Gasteiger partial charge in [-0.1, -0.05) is 31.2 Å². The quantitative estimate of drug-likeness (QED) is 0.609. The molecule has 6 heteroatoms. The van der Waals surface area contributed by atoms with E-state index in [2.05, 4.69) is 17.0 Å². The van der Waals surface area contributed by atoms with E-state index in [9.17, 15) is 8.42 Å². The molecule has 0 saturated carbocycles. The number of hydrogen-bond donors (Lipinski definition) is 2. The molecule has 0 saturated heterocycles.